The number of nitrogens with one attached hydrogen (secondary N) is 1. The van der Waals surface area contributed by atoms with Crippen LogP contribution in [0.15, 0.2) is 42.7 Å². The summed E-state index contributed by atoms with van der Waals surface area (Å²) in [4.78, 5) is 16.1. The Balaban J connectivity index is 2.27. The average molecular weight is 339 g/mol. The number of methoxy groups -OCH3 is 1. The van der Waals surface area contributed by atoms with Crippen LogP contribution >= 0.6 is 23.2 Å². The summed E-state index contributed by atoms with van der Waals surface area (Å²) in [6, 6.07) is 8.15. The quantitative estimate of drug-likeness (QED) is 0.838. The van der Waals surface area contributed by atoms with Gasteiger partial charge in [-0.1, -0.05) is 41.4 Å². The molecular weight excluding hydrogens is 323 g/mol. The average Bonchev–Trinajstić information content (AvgIpc) is 2.55. The topological polar surface area (TPSA) is 51.2 Å². The number of ether oxygens (including phenoxy) is 1. The SMILES string of the molecule is COC(=O)C(NC(C)c1cccc(Cl)c1Cl)c1cccnc1. The number of hydrogen-bond acceptors (Lipinski definition) is 4. The van der Waals surface area contributed by atoms with Crippen molar-refractivity contribution >= 4 is 29.2 Å². The summed E-state index contributed by atoms with van der Waals surface area (Å²) in [5.41, 5.74) is 1.53. The van der Waals surface area contributed by atoms with Gasteiger partial charge < -0.3 is 4.74 Å². The largest absolute Gasteiger partial charge is 0.468 e. The van der Waals surface area contributed by atoms with E-state index in [0.717, 1.165) is 11.1 Å². The number of pyridine rings is 1. The third kappa shape index (κ3) is 3.77. The first kappa shape index (κ1) is 16.7. The Morgan fingerprint density at radius 2 is 2.05 bits per heavy atom. The second kappa shape index (κ2) is 7.58. The van der Waals surface area contributed by atoms with Gasteiger partial charge in [-0.05, 0) is 30.2 Å². The minimum atomic E-state index is -0.635. The molecular formula is C16H16Cl2N2O2. The fourth-order valence-corrected chi connectivity index (χ4v) is 2.63. The van der Waals surface area contributed by atoms with Gasteiger partial charge in [-0.3, -0.25) is 10.3 Å². The van der Waals surface area contributed by atoms with Gasteiger partial charge in [-0.25, -0.2) is 4.79 Å². The minimum Gasteiger partial charge on any atom is -0.468 e. The van der Waals surface area contributed by atoms with Crippen molar-refractivity contribution in [1.82, 2.24) is 10.3 Å². The van der Waals surface area contributed by atoms with Crippen molar-refractivity contribution in [1.29, 1.82) is 0 Å². The monoisotopic (exact) mass is 338 g/mol. The van der Waals surface area contributed by atoms with Crippen molar-refractivity contribution in [3.8, 4) is 0 Å². The van der Waals surface area contributed by atoms with E-state index in [1.54, 1.807) is 24.5 Å². The van der Waals surface area contributed by atoms with Crippen LogP contribution in [0.5, 0.6) is 0 Å². The first-order chi connectivity index (χ1) is 10.5. The van der Waals surface area contributed by atoms with Crippen molar-refractivity contribution in [2.24, 2.45) is 0 Å². The van der Waals surface area contributed by atoms with Gasteiger partial charge in [0, 0.05) is 18.4 Å². The molecule has 0 spiro atoms. The fourth-order valence-electron chi connectivity index (χ4n) is 2.16. The number of nitrogens with zero attached hydrogens (tertiary/aromatic N) is 1. The molecule has 4 nitrogen and oxygen atoms in total. The third-order valence-corrected chi connectivity index (χ3v) is 4.15. The second-order valence-electron chi connectivity index (χ2n) is 4.77. The van der Waals surface area contributed by atoms with Crippen LogP contribution in [0.1, 0.15) is 30.1 Å². The molecule has 0 bridgehead atoms. The zero-order chi connectivity index (χ0) is 16.1. The number of aromatic nitrogens is 1. The molecule has 0 fully saturated rings. The zero-order valence-electron chi connectivity index (χ0n) is 12.2. The summed E-state index contributed by atoms with van der Waals surface area (Å²) >= 11 is 12.3. The van der Waals surface area contributed by atoms with Crippen molar-refractivity contribution in [3.63, 3.8) is 0 Å². The van der Waals surface area contributed by atoms with Gasteiger partial charge in [0.25, 0.3) is 0 Å². The molecule has 2 unspecified atom stereocenters. The first-order valence-corrected chi connectivity index (χ1v) is 7.48. The predicted octanol–water partition coefficient (Wildman–Crippen LogP) is 3.95. The van der Waals surface area contributed by atoms with Crippen LogP contribution in [0.4, 0.5) is 0 Å². The molecule has 0 amide bonds. The summed E-state index contributed by atoms with van der Waals surface area (Å²) in [5.74, 6) is -0.391. The predicted molar refractivity (Wildman–Crippen MR) is 87.0 cm³/mol. The van der Waals surface area contributed by atoms with Crippen LogP contribution in [0.3, 0.4) is 0 Å². The van der Waals surface area contributed by atoms with Crippen LogP contribution in [0.25, 0.3) is 0 Å². The van der Waals surface area contributed by atoms with Crippen LogP contribution < -0.4 is 5.32 Å². The Labute approximate surface area is 139 Å². The van der Waals surface area contributed by atoms with E-state index in [0.29, 0.717) is 10.0 Å². The van der Waals surface area contributed by atoms with E-state index in [1.165, 1.54) is 7.11 Å². The second-order valence-corrected chi connectivity index (χ2v) is 5.56. The van der Waals surface area contributed by atoms with E-state index in [1.807, 2.05) is 25.1 Å². The van der Waals surface area contributed by atoms with Crippen molar-refractivity contribution in [3.05, 3.63) is 63.9 Å². The van der Waals surface area contributed by atoms with Crippen LogP contribution in [-0.2, 0) is 9.53 Å². The van der Waals surface area contributed by atoms with Crippen molar-refractivity contribution in [2.75, 3.05) is 7.11 Å². The van der Waals surface area contributed by atoms with E-state index in [9.17, 15) is 4.79 Å². The van der Waals surface area contributed by atoms with Crippen LogP contribution in [0, 0.1) is 0 Å². The molecule has 0 saturated carbocycles. The smallest absolute Gasteiger partial charge is 0.327 e. The van der Waals surface area contributed by atoms with E-state index in [4.69, 9.17) is 27.9 Å². The highest BCUT2D eigenvalue weighted by atomic mass is 35.5. The highest BCUT2D eigenvalue weighted by Crippen LogP contribution is 2.31. The van der Waals surface area contributed by atoms with Gasteiger partial charge in [-0.2, -0.15) is 0 Å². The Morgan fingerprint density at radius 1 is 1.27 bits per heavy atom. The Morgan fingerprint density at radius 3 is 2.68 bits per heavy atom. The lowest BCUT2D eigenvalue weighted by Crippen LogP contribution is -2.32. The van der Waals surface area contributed by atoms with Crippen molar-refractivity contribution < 1.29 is 9.53 Å². The van der Waals surface area contributed by atoms with E-state index < -0.39 is 12.0 Å². The molecule has 1 heterocycles. The number of carbonyl (C=O) groups excluding carboxylic acids is 1. The lowest BCUT2D eigenvalue weighted by molar-refractivity contribution is -0.143. The number of benzene rings is 1. The summed E-state index contributed by atoms with van der Waals surface area (Å²) in [6.45, 7) is 1.91. The van der Waals surface area contributed by atoms with Gasteiger partial charge in [-0.15, -0.1) is 0 Å². The summed E-state index contributed by atoms with van der Waals surface area (Å²) in [7, 11) is 1.35. The molecule has 0 radical (unpaired) electrons. The van der Waals surface area contributed by atoms with Gasteiger partial charge in [0.2, 0.25) is 0 Å². The van der Waals surface area contributed by atoms with Gasteiger partial charge in [0.15, 0.2) is 0 Å². The number of rotatable bonds is 5. The molecule has 0 aliphatic rings. The van der Waals surface area contributed by atoms with E-state index in [-0.39, 0.29) is 6.04 Å². The van der Waals surface area contributed by atoms with Crippen molar-refractivity contribution in [2.45, 2.75) is 19.0 Å². The zero-order valence-corrected chi connectivity index (χ0v) is 13.7. The lowest BCUT2D eigenvalue weighted by atomic mass is 10.0. The molecule has 1 aromatic heterocycles. The molecule has 2 rings (SSSR count). The highest BCUT2D eigenvalue weighted by molar-refractivity contribution is 6.42. The molecule has 116 valence electrons. The maximum atomic E-state index is 12.1. The van der Waals surface area contributed by atoms with E-state index in [2.05, 4.69) is 10.3 Å². The Hall–Kier alpha value is -1.62. The standard InChI is InChI=1S/C16H16Cl2N2O2/c1-10(12-6-3-7-13(17)14(12)18)20-15(16(21)22-2)11-5-4-8-19-9-11/h3-10,15,20H,1-2H3. The van der Waals surface area contributed by atoms with Gasteiger partial charge in [0.1, 0.15) is 6.04 Å². The minimum absolute atomic E-state index is 0.199. The third-order valence-electron chi connectivity index (χ3n) is 3.32. The van der Waals surface area contributed by atoms with Gasteiger partial charge >= 0.3 is 5.97 Å². The lowest BCUT2D eigenvalue weighted by Gasteiger charge is -2.22. The fraction of sp³-hybridized carbons (Fsp3) is 0.250. The molecule has 0 aliphatic heterocycles. The molecule has 1 N–H and O–H groups in total. The first-order valence-electron chi connectivity index (χ1n) is 6.72. The number of hydrogen-bond donors (Lipinski definition) is 1. The van der Waals surface area contributed by atoms with Crippen LogP contribution in [-0.4, -0.2) is 18.1 Å². The summed E-state index contributed by atoms with van der Waals surface area (Å²) < 4.78 is 4.87. The normalized spacial score (nSPS) is 13.5. The number of carbonyl (C=O) groups is 1. The molecule has 6 heteroatoms. The summed E-state index contributed by atoms with van der Waals surface area (Å²) in [5, 5.41) is 4.16. The van der Waals surface area contributed by atoms with E-state index >= 15 is 0 Å². The Kier molecular flexibility index (Phi) is 5.77. The molecule has 0 aliphatic carbocycles. The number of esters is 1. The highest BCUT2D eigenvalue weighted by Gasteiger charge is 2.24. The molecule has 22 heavy (non-hydrogen) atoms. The maximum absolute atomic E-state index is 12.1. The number of halogens is 2. The summed E-state index contributed by atoms with van der Waals surface area (Å²) in [6.07, 6.45) is 3.27. The molecule has 0 saturated heterocycles. The Bertz CT molecular complexity index is 650. The maximum Gasteiger partial charge on any atom is 0.327 e. The van der Waals surface area contributed by atoms with Gasteiger partial charge in [0.05, 0.1) is 17.2 Å². The molecule has 2 aromatic rings. The van der Waals surface area contributed by atoms with Crippen LogP contribution in [0.2, 0.25) is 10.0 Å². The molecule has 2 atom stereocenters. The molecule has 1 aromatic carbocycles.